The summed E-state index contributed by atoms with van der Waals surface area (Å²) in [5.41, 5.74) is 0. The van der Waals surface area contributed by atoms with Crippen LogP contribution >= 0.6 is 0 Å². The molecule has 0 aromatic rings. The van der Waals surface area contributed by atoms with Crippen LogP contribution in [0.2, 0.25) is 0 Å². The molecule has 0 heterocycles. The van der Waals surface area contributed by atoms with E-state index in [0.29, 0.717) is 19.8 Å². The Morgan fingerprint density at radius 1 is 0.857 bits per heavy atom. The minimum Gasteiger partial charge on any atom is -0.463 e. The molecule has 0 aliphatic rings. The summed E-state index contributed by atoms with van der Waals surface area (Å²) >= 11 is 0. The summed E-state index contributed by atoms with van der Waals surface area (Å²) in [5.74, 6) is -1.00. The molecular formula is C16H29NO4. The second-order valence-corrected chi connectivity index (χ2v) is 4.76. The van der Waals surface area contributed by atoms with E-state index in [1.165, 1.54) is 0 Å². The molecule has 0 aliphatic carbocycles. The Bertz CT molecular complexity index is 311. The fourth-order valence-corrected chi connectivity index (χ4v) is 1.75. The van der Waals surface area contributed by atoms with Gasteiger partial charge in [0, 0.05) is 18.7 Å². The number of hydrogen-bond acceptors (Lipinski definition) is 5. The fraction of sp³-hybridized carbons (Fsp3) is 0.750. The molecule has 21 heavy (non-hydrogen) atoms. The third kappa shape index (κ3) is 12.1. The van der Waals surface area contributed by atoms with Crippen molar-refractivity contribution in [3.8, 4) is 0 Å². The maximum atomic E-state index is 11.4. The highest BCUT2D eigenvalue weighted by Gasteiger charge is 2.03. The minimum atomic E-state index is -0.509. The van der Waals surface area contributed by atoms with Crippen LogP contribution in [0.25, 0.3) is 0 Å². The van der Waals surface area contributed by atoms with E-state index in [1.54, 1.807) is 0 Å². The van der Waals surface area contributed by atoms with Gasteiger partial charge in [-0.15, -0.1) is 0 Å². The van der Waals surface area contributed by atoms with E-state index in [0.717, 1.165) is 50.9 Å². The van der Waals surface area contributed by atoms with Crippen molar-refractivity contribution in [2.75, 3.05) is 32.8 Å². The molecule has 5 heteroatoms. The Kier molecular flexibility index (Phi) is 12.7. The first-order valence-corrected chi connectivity index (χ1v) is 7.87. The molecule has 0 aromatic heterocycles. The Balaban J connectivity index is 3.70. The van der Waals surface area contributed by atoms with Gasteiger partial charge in [-0.1, -0.05) is 40.0 Å². The summed E-state index contributed by atoms with van der Waals surface area (Å²) in [7, 11) is 0. The van der Waals surface area contributed by atoms with Gasteiger partial charge < -0.3 is 14.4 Å². The molecule has 0 radical (unpaired) electrons. The molecule has 0 unspecified atom stereocenters. The van der Waals surface area contributed by atoms with Crippen LogP contribution in [-0.4, -0.2) is 49.7 Å². The zero-order valence-electron chi connectivity index (χ0n) is 13.6. The minimum absolute atomic E-state index is 0.330. The number of likely N-dealkylation sites (N-methyl/N-ethyl adjacent to an activating group) is 1. The molecule has 0 fully saturated rings. The van der Waals surface area contributed by atoms with Gasteiger partial charge in [-0.2, -0.15) is 0 Å². The second kappa shape index (κ2) is 13.6. The maximum absolute atomic E-state index is 11.4. The topological polar surface area (TPSA) is 55.8 Å². The smallest absolute Gasteiger partial charge is 0.331 e. The van der Waals surface area contributed by atoms with Gasteiger partial charge in [-0.05, 0) is 19.5 Å². The molecule has 0 aliphatic heterocycles. The van der Waals surface area contributed by atoms with Gasteiger partial charge in [0.05, 0.1) is 6.61 Å². The Morgan fingerprint density at radius 2 is 1.43 bits per heavy atom. The molecule has 5 nitrogen and oxygen atoms in total. The van der Waals surface area contributed by atoms with Crippen LogP contribution in [0.5, 0.6) is 0 Å². The highest BCUT2D eigenvalue weighted by atomic mass is 16.5. The Labute approximate surface area is 128 Å². The van der Waals surface area contributed by atoms with Gasteiger partial charge in [0.15, 0.2) is 0 Å². The van der Waals surface area contributed by atoms with Gasteiger partial charge in [-0.25, -0.2) is 9.59 Å². The predicted octanol–water partition coefficient (Wildman–Crippen LogP) is 2.55. The molecule has 0 bridgehead atoms. The normalized spacial score (nSPS) is 11.0. The predicted molar refractivity (Wildman–Crippen MR) is 83.0 cm³/mol. The molecule has 0 rings (SSSR count). The third-order valence-electron chi connectivity index (χ3n) is 3.14. The van der Waals surface area contributed by atoms with E-state index >= 15 is 0 Å². The second-order valence-electron chi connectivity index (χ2n) is 4.76. The van der Waals surface area contributed by atoms with Crippen LogP contribution in [0.15, 0.2) is 12.2 Å². The SMILES string of the molecule is CCCCCCOC(=O)/C=C/C(=O)OCCN(CC)CC. The van der Waals surface area contributed by atoms with Gasteiger partial charge in [0.1, 0.15) is 6.61 Å². The third-order valence-corrected chi connectivity index (χ3v) is 3.14. The monoisotopic (exact) mass is 299 g/mol. The zero-order chi connectivity index (χ0) is 15.9. The summed E-state index contributed by atoms with van der Waals surface area (Å²) in [5, 5.41) is 0. The van der Waals surface area contributed by atoms with E-state index < -0.39 is 11.9 Å². The number of ether oxygens (including phenoxy) is 2. The van der Waals surface area contributed by atoms with Crippen LogP contribution in [-0.2, 0) is 19.1 Å². The average molecular weight is 299 g/mol. The molecule has 0 atom stereocenters. The van der Waals surface area contributed by atoms with Gasteiger partial charge in [0.25, 0.3) is 0 Å². The van der Waals surface area contributed by atoms with Crippen molar-refractivity contribution in [1.29, 1.82) is 0 Å². The Hall–Kier alpha value is -1.36. The van der Waals surface area contributed by atoms with Crippen molar-refractivity contribution in [2.45, 2.75) is 46.5 Å². The number of hydrogen-bond donors (Lipinski definition) is 0. The van der Waals surface area contributed by atoms with E-state index in [2.05, 4.69) is 25.7 Å². The molecule has 0 saturated carbocycles. The molecule has 0 spiro atoms. The standard InChI is InChI=1S/C16H29NO4/c1-4-7-8-9-13-20-15(18)10-11-16(19)21-14-12-17(5-2)6-3/h10-11H,4-9,12-14H2,1-3H3/b11-10+. The van der Waals surface area contributed by atoms with E-state index in [4.69, 9.17) is 9.47 Å². The zero-order valence-corrected chi connectivity index (χ0v) is 13.6. The van der Waals surface area contributed by atoms with E-state index in [9.17, 15) is 9.59 Å². The maximum Gasteiger partial charge on any atom is 0.331 e. The van der Waals surface area contributed by atoms with Crippen LogP contribution in [0.3, 0.4) is 0 Å². The molecule has 0 amide bonds. The summed E-state index contributed by atoms with van der Waals surface area (Å²) in [4.78, 5) is 24.9. The highest BCUT2D eigenvalue weighted by Crippen LogP contribution is 1.99. The number of carbonyl (C=O) groups is 2. The van der Waals surface area contributed by atoms with Gasteiger partial charge in [0.2, 0.25) is 0 Å². The lowest BCUT2D eigenvalue weighted by molar-refractivity contribution is -0.140. The van der Waals surface area contributed by atoms with Crippen molar-refractivity contribution in [2.24, 2.45) is 0 Å². The summed E-state index contributed by atoms with van der Waals surface area (Å²) in [6, 6.07) is 0. The highest BCUT2D eigenvalue weighted by molar-refractivity contribution is 5.91. The molecule has 0 aromatic carbocycles. The lowest BCUT2D eigenvalue weighted by Crippen LogP contribution is -2.27. The van der Waals surface area contributed by atoms with Gasteiger partial charge >= 0.3 is 11.9 Å². The molecule has 0 N–H and O–H groups in total. The summed E-state index contributed by atoms with van der Waals surface area (Å²) in [6.07, 6.45) is 6.46. The van der Waals surface area contributed by atoms with Crippen LogP contribution in [0, 0.1) is 0 Å². The lowest BCUT2D eigenvalue weighted by Gasteiger charge is -2.16. The molecular weight excluding hydrogens is 270 g/mol. The van der Waals surface area contributed by atoms with Crippen molar-refractivity contribution in [1.82, 2.24) is 4.90 Å². The van der Waals surface area contributed by atoms with Crippen LogP contribution in [0.1, 0.15) is 46.5 Å². The first-order chi connectivity index (χ1) is 10.1. The van der Waals surface area contributed by atoms with Crippen LogP contribution < -0.4 is 0 Å². The number of rotatable bonds is 12. The molecule has 122 valence electrons. The van der Waals surface area contributed by atoms with Gasteiger partial charge in [-0.3, -0.25) is 0 Å². The average Bonchev–Trinajstić information content (AvgIpc) is 2.49. The lowest BCUT2D eigenvalue weighted by atomic mass is 10.2. The van der Waals surface area contributed by atoms with Crippen LogP contribution in [0.4, 0.5) is 0 Å². The fourth-order valence-electron chi connectivity index (χ4n) is 1.75. The number of esters is 2. The summed E-state index contributed by atoms with van der Waals surface area (Å²) < 4.78 is 9.98. The first-order valence-electron chi connectivity index (χ1n) is 7.87. The number of nitrogens with zero attached hydrogens (tertiary/aromatic N) is 1. The quantitative estimate of drug-likeness (QED) is 0.315. The molecule has 0 saturated heterocycles. The van der Waals surface area contributed by atoms with E-state index in [1.807, 2.05) is 0 Å². The number of carbonyl (C=O) groups excluding carboxylic acids is 2. The van der Waals surface area contributed by atoms with Crippen molar-refractivity contribution in [3.63, 3.8) is 0 Å². The van der Waals surface area contributed by atoms with Crippen molar-refractivity contribution < 1.29 is 19.1 Å². The first kappa shape index (κ1) is 19.6. The van der Waals surface area contributed by atoms with Crippen molar-refractivity contribution in [3.05, 3.63) is 12.2 Å². The van der Waals surface area contributed by atoms with Crippen molar-refractivity contribution >= 4 is 11.9 Å². The largest absolute Gasteiger partial charge is 0.463 e. The van der Waals surface area contributed by atoms with E-state index in [-0.39, 0.29) is 0 Å². The summed E-state index contributed by atoms with van der Waals surface area (Å²) in [6.45, 7) is 9.53. The Morgan fingerprint density at radius 3 is 1.95 bits per heavy atom. The number of unbranched alkanes of at least 4 members (excludes halogenated alkanes) is 3.